The normalized spacial score (nSPS) is 18.6. The Morgan fingerprint density at radius 2 is 2.30 bits per heavy atom. The van der Waals surface area contributed by atoms with Crippen LogP contribution in [0.2, 0.25) is 0 Å². The molecule has 1 aliphatic rings. The fourth-order valence-electron chi connectivity index (χ4n) is 3.11. The lowest BCUT2D eigenvalue weighted by molar-refractivity contribution is 0.212. The van der Waals surface area contributed by atoms with Gasteiger partial charge in [-0.15, -0.1) is 0 Å². The molecular weight excluding hydrogens is 292 g/mol. The second kappa shape index (κ2) is 5.92. The number of rotatable bonds is 4. The Morgan fingerprint density at radius 3 is 3.09 bits per heavy atom. The molecule has 0 aromatic carbocycles. The summed E-state index contributed by atoms with van der Waals surface area (Å²) in [6.45, 7) is 1.69. The van der Waals surface area contributed by atoms with Crippen LogP contribution in [0.3, 0.4) is 0 Å². The second-order valence-corrected chi connectivity index (χ2v) is 5.83. The number of hydrogen-bond acceptors (Lipinski definition) is 6. The zero-order valence-electron chi connectivity index (χ0n) is 13.0. The van der Waals surface area contributed by atoms with E-state index in [1.165, 1.54) is 12.0 Å². The van der Waals surface area contributed by atoms with E-state index in [0.29, 0.717) is 24.3 Å². The molecule has 7 nitrogen and oxygen atoms in total. The molecule has 1 atom stereocenters. The second-order valence-electron chi connectivity index (χ2n) is 5.83. The van der Waals surface area contributed by atoms with Gasteiger partial charge in [-0.05, 0) is 31.5 Å². The summed E-state index contributed by atoms with van der Waals surface area (Å²) < 4.78 is 7.27. The molecule has 1 aliphatic heterocycles. The summed E-state index contributed by atoms with van der Waals surface area (Å²) in [5.74, 6) is 1.23. The van der Waals surface area contributed by atoms with Crippen LogP contribution in [-0.4, -0.2) is 36.3 Å². The van der Waals surface area contributed by atoms with Gasteiger partial charge in [-0.2, -0.15) is 10.1 Å². The molecule has 1 saturated heterocycles. The van der Waals surface area contributed by atoms with Crippen molar-refractivity contribution in [3.8, 4) is 11.4 Å². The molecule has 0 amide bonds. The number of aryl methyl sites for hydroxylation is 1. The van der Waals surface area contributed by atoms with Crippen molar-refractivity contribution >= 4 is 0 Å². The summed E-state index contributed by atoms with van der Waals surface area (Å²) >= 11 is 0. The van der Waals surface area contributed by atoms with Crippen LogP contribution in [0, 0.1) is 0 Å². The Kier molecular flexibility index (Phi) is 3.63. The fraction of sp³-hybridized carbons (Fsp3) is 0.375. The van der Waals surface area contributed by atoms with Gasteiger partial charge < -0.3 is 4.52 Å². The summed E-state index contributed by atoms with van der Waals surface area (Å²) in [7, 11) is 1.95. The maximum atomic E-state index is 5.42. The highest BCUT2D eigenvalue weighted by molar-refractivity contribution is 5.51. The van der Waals surface area contributed by atoms with Crippen molar-refractivity contribution in [1.29, 1.82) is 0 Å². The largest absolute Gasteiger partial charge is 0.338 e. The van der Waals surface area contributed by atoms with Crippen LogP contribution < -0.4 is 0 Å². The lowest BCUT2D eigenvalue weighted by atomic mass is 10.1. The summed E-state index contributed by atoms with van der Waals surface area (Å²) in [4.78, 5) is 11.0. The van der Waals surface area contributed by atoms with E-state index < -0.39 is 0 Å². The third-order valence-electron chi connectivity index (χ3n) is 4.20. The third kappa shape index (κ3) is 2.87. The van der Waals surface area contributed by atoms with Crippen molar-refractivity contribution in [2.24, 2.45) is 7.05 Å². The predicted molar refractivity (Wildman–Crippen MR) is 83.1 cm³/mol. The lowest BCUT2D eigenvalue weighted by Crippen LogP contribution is -2.22. The number of likely N-dealkylation sites (tertiary alicyclic amines) is 1. The van der Waals surface area contributed by atoms with Crippen LogP contribution in [0.5, 0.6) is 0 Å². The zero-order chi connectivity index (χ0) is 15.6. The van der Waals surface area contributed by atoms with Gasteiger partial charge in [-0.25, -0.2) is 0 Å². The highest BCUT2D eigenvalue weighted by Gasteiger charge is 2.28. The van der Waals surface area contributed by atoms with Crippen LogP contribution >= 0.6 is 0 Å². The molecule has 1 fully saturated rings. The highest BCUT2D eigenvalue weighted by Crippen LogP contribution is 2.32. The van der Waals surface area contributed by atoms with Gasteiger partial charge in [0.25, 0.3) is 0 Å². The topological polar surface area (TPSA) is 72.9 Å². The molecule has 23 heavy (non-hydrogen) atoms. The first kappa shape index (κ1) is 14.1. The van der Waals surface area contributed by atoms with Gasteiger partial charge in [0.2, 0.25) is 11.7 Å². The van der Waals surface area contributed by atoms with Gasteiger partial charge in [-0.3, -0.25) is 14.6 Å². The van der Waals surface area contributed by atoms with E-state index in [2.05, 4.69) is 31.3 Å². The van der Waals surface area contributed by atoms with E-state index in [4.69, 9.17) is 4.52 Å². The molecule has 0 saturated carbocycles. The number of nitrogens with zero attached hydrogens (tertiary/aromatic N) is 6. The Bertz CT molecular complexity index is 781. The molecule has 0 N–H and O–H groups in total. The van der Waals surface area contributed by atoms with Crippen LogP contribution in [0.1, 0.15) is 30.3 Å². The monoisotopic (exact) mass is 310 g/mol. The first-order valence-corrected chi connectivity index (χ1v) is 7.75. The molecule has 0 aliphatic carbocycles. The van der Waals surface area contributed by atoms with Crippen molar-refractivity contribution < 1.29 is 4.52 Å². The Morgan fingerprint density at radius 1 is 1.35 bits per heavy atom. The smallest absolute Gasteiger partial charge is 0.241 e. The van der Waals surface area contributed by atoms with E-state index in [1.807, 2.05) is 30.1 Å². The number of aromatic nitrogens is 5. The van der Waals surface area contributed by atoms with Crippen LogP contribution in [0.15, 0.2) is 41.4 Å². The van der Waals surface area contributed by atoms with Gasteiger partial charge in [-0.1, -0.05) is 5.16 Å². The molecule has 0 radical (unpaired) electrons. The SMILES string of the molecule is Cn1cc([C@@H]2CCCN2Cc2nc(-c3cccnc3)no2)cn1. The number of hydrogen-bond donors (Lipinski definition) is 0. The van der Waals surface area contributed by atoms with Crippen molar-refractivity contribution in [2.75, 3.05) is 6.54 Å². The summed E-state index contributed by atoms with van der Waals surface area (Å²) in [6, 6.07) is 4.16. The minimum atomic E-state index is 0.373. The first-order chi connectivity index (χ1) is 11.3. The van der Waals surface area contributed by atoms with Gasteiger partial charge in [0, 0.05) is 42.8 Å². The van der Waals surface area contributed by atoms with E-state index in [0.717, 1.165) is 18.5 Å². The maximum absolute atomic E-state index is 5.42. The van der Waals surface area contributed by atoms with Crippen molar-refractivity contribution in [1.82, 2.24) is 29.8 Å². The average Bonchev–Trinajstić information content (AvgIpc) is 3.29. The van der Waals surface area contributed by atoms with Crippen LogP contribution in [0.4, 0.5) is 0 Å². The molecular formula is C16H18N6O. The first-order valence-electron chi connectivity index (χ1n) is 7.75. The quantitative estimate of drug-likeness (QED) is 0.735. The van der Waals surface area contributed by atoms with Gasteiger partial charge in [0.15, 0.2) is 0 Å². The minimum Gasteiger partial charge on any atom is -0.338 e. The Balaban J connectivity index is 1.50. The van der Waals surface area contributed by atoms with Gasteiger partial charge in [0.05, 0.1) is 12.7 Å². The average molecular weight is 310 g/mol. The van der Waals surface area contributed by atoms with Crippen molar-refractivity contribution in [3.63, 3.8) is 0 Å². The molecule has 0 bridgehead atoms. The molecule has 118 valence electrons. The van der Waals surface area contributed by atoms with E-state index in [9.17, 15) is 0 Å². The third-order valence-corrected chi connectivity index (χ3v) is 4.20. The Hall–Kier alpha value is -2.54. The fourth-order valence-corrected chi connectivity index (χ4v) is 3.11. The summed E-state index contributed by atoms with van der Waals surface area (Å²) in [6.07, 6.45) is 9.80. The summed E-state index contributed by atoms with van der Waals surface area (Å²) in [5.41, 5.74) is 2.12. The molecule has 4 rings (SSSR count). The van der Waals surface area contributed by atoms with E-state index in [-0.39, 0.29) is 0 Å². The van der Waals surface area contributed by atoms with Crippen LogP contribution in [-0.2, 0) is 13.6 Å². The molecule has 3 aromatic rings. The van der Waals surface area contributed by atoms with Crippen molar-refractivity contribution in [3.05, 3.63) is 48.4 Å². The Labute approximate surface area is 134 Å². The van der Waals surface area contributed by atoms with E-state index >= 15 is 0 Å². The van der Waals surface area contributed by atoms with Gasteiger partial charge >= 0.3 is 0 Å². The van der Waals surface area contributed by atoms with Gasteiger partial charge in [0.1, 0.15) is 0 Å². The highest BCUT2D eigenvalue weighted by atomic mass is 16.5. The van der Waals surface area contributed by atoms with Crippen molar-refractivity contribution in [2.45, 2.75) is 25.4 Å². The molecule has 7 heteroatoms. The predicted octanol–water partition coefficient (Wildman–Crippen LogP) is 2.20. The zero-order valence-corrected chi connectivity index (χ0v) is 13.0. The van der Waals surface area contributed by atoms with Crippen LogP contribution in [0.25, 0.3) is 11.4 Å². The standard InChI is InChI=1S/C16H18N6O/c1-21-10-13(9-18-21)14-5-3-7-22(14)11-15-19-16(20-23-15)12-4-2-6-17-8-12/h2,4,6,8-10,14H,3,5,7,11H2,1H3/t14-/m0/s1. The molecule has 0 unspecified atom stereocenters. The van der Waals surface area contributed by atoms with E-state index in [1.54, 1.807) is 12.4 Å². The lowest BCUT2D eigenvalue weighted by Gasteiger charge is -2.21. The number of pyridine rings is 1. The molecule has 3 aromatic heterocycles. The molecule has 0 spiro atoms. The molecule has 4 heterocycles. The summed E-state index contributed by atoms with van der Waals surface area (Å²) in [5, 5.41) is 8.34. The maximum Gasteiger partial charge on any atom is 0.241 e. The minimum absolute atomic E-state index is 0.373.